The molecule has 0 aromatic heterocycles. The van der Waals surface area contributed by atoms with Crippen LogP contribution in [0.5, 0.6) is 46.0 Å². The molecule has 3 amide bonds. The number of amides is 3. The molecule has 116 heavy (non-hydrogen) atoms. The summed E-state index contributed by atoms with van der Waals surface area (Å²) in [5, 5.41) is 72.9. The Hall–Kier alpha value is -14.4. The first-order valence-electron chi connectivity index (χ1n) is 34.6. The molecule has 0 unspecified atom stereocenters. The second kappa shape index (κ2) is 44.6. The fourth-order valence-electron chi connectivity index (χ4n) is 10.5. The fraction of sp³-hybridized carbons (Fsp3) is 0.231. The van der Waals surface area contributed by atoms with Gasteiger partial charge in [0.05, 0.1) is 117 Å². The number of phenols is 2. The van der Waals surface area contributed by atoms with Crippen molar-refractivity contribution in [3.05, 3.63) is 190 Å². The molecular weight excluding hydrogens is 1570 g/mol. The fourth-order valence-corrected chi connectivity index (χ4v) is 10.5. The van der Waals surface area contributed by atoms with Gasteiger partial charge in [-0.2, -0.15) is 0 Å². The number of carbonyl (C=O) groups is 12. The second-order valence-electron chi connectivity index (χ2n) is 23.4. The maximum absolute atomic E-state index is 11.6. The SMILES string of the molecule is CCOC(=O)c1cccc(O)c1N.CCOC(=O)c1cccc2c1NC(=O)CO2.CCOC(=O)c1cccc2c1NCCO2.CN1C(=O)COc2cccc(C(=O)O)c21.CN1CCOc2cccc(C(=O)O)c21.Nc1c(O)cccc1C(=O)O.O=C(Cl)CCl.O=C(O)c1cccc2c1NCCO2.O=C1COc2cccc(C(=O)O)c2N1. The second-order valence-corrected chi connectivity index (χ2v) is 24.1. The molecule has 0 atom stereocenters. The average molecular weight is 1650 g/mol. The van der Waals surface area contributed by atoms with Crippen molar-refractivity contribution in [1.29, 1.82) is 0 Å². The molecule has 14 rings (SSSR count). The lowest BCUT2D eigenvalue weighted by molar-refractivity contribution is -0.121. The number of carboxylic acid groups (broad SMARTS) is 5. The number of carboxylic acids is 5. The minimum Gasteiger partial charge on any atom is -0.506 e. The number of para-hydroxylation sites is 8. The van der Waals surface area contributed by atoms with E-state index in [1.54, 1.807) is 112 Å². The van der Waals surface area contributed by atoms with E-state index >= 15 is 0 Å². The predicted molar refractivity (Wildman–Crippen MR) is 422 cm³/mol. The van der Waals surface area contributed by atoms with E-state index in [9.17, 15) is 62.6 Å². The summed E-state index contributed by atoms with van der Waals surface area (Å²) in [5.74, 6) is -4.43. The molecule has 0 spiro atoms. The van der Waals surface area contributed by atoms with Crippen LogP contribution in [-0.2, 0) is 33.4 Å². The number of esters is 3. The molecule has 0 aliphatic carbocycles. The maximum Gasteiger partial charge on any atom is 0.340 e. The lowest BCUT2D eigenvalue weighted by Crippen LogP contribution is -2.36. The number of carbonyl (C=O) groups excluding carboxylic acids is 7. The minimum atomic E-state index is -1.14. The Balaban J connectivity index is 0.000000205. The van der Waals surface area contributed by atoms with Crippen molar-refractivity contribution in [3.63, 3.8) is 0 Å². The molecule has 0 fully saturated rings. The van der Waals surface area contributed by atoms with Crippen molar-refractivity contribution in [2.24, 2.45) is 0 Å². The van der Waals surface area contributed by atoms with Gasteiger partial charge in [0.15, 0.2) is 19.8 Å². The highest BCUT2D eigenvalue weighted by Crippen LogP contribution is 2.38. The van der Waals surface area contributed by atoms with E-state index in [-0.39, 0.29) is 119 Å². The highest BCUT2D eigenvalue weighted by Gasteiger charge is 2.29. The number of ether oxygens (including phenoxy) is 9. The number of fused-ring (bicyclic) bond motifs is 6. The molecule has 6 aliphatic heterocycles. The first-order valence-corrected chi connectivity index (χ1v) is 35.5. The summed E-state index contributed by atoms with van der Waals surface area (Å²) in [7, 11) is 3.41. The summed E-state index contributed by atoms with van der Waals surface area (Å²) in [6.07, 6.45) is 0. The summed E-state index contributed by atoms with van der Waals surface area (Å²) >= 11 is 9.55. The quantitative estimate of drug-likeness (QED) is 0.0135. The van der Waals surface area contributed by atoms with Crippen molar-refractivity contribution < 1.29 is 136 Å². The molecule has 0 bridgehead atoms. The number of nitrogens with two attached hydrogens (primary N) is 2. The molecule has 8 aromatic carbocycles. The van der Waals surface area contributed by atoms with Gasteiger partial charge in [-0.05, 0) is 129 Å². The number of aromatic carboxylic acids is 5. The van der Waals surface area contributed by atoms with Crippen molar-refractivity contribution in [2.45, 2.75) is 20.8 Å². The number of aromatic hydroxyl groups is 2. The third-order valence-electron chi connectivity index (χ3n) is 15.7. The molecule has 8 aromatic rings. The van der Waals surface area contributed by atoms with Gasteiger partial charge in [0, 0.05) is 27.2 Å². The van der Waals surface area contributed by atoms with E-state index < -0.39 is 47.0 Å². The Bertz CT molecular complexity index is 4930. The van der Waals surface area contributed by atoms with Crippen molar-refractivity contribution in [3.8, 4) is 46.0 Å². The zero-order valence-corrected chi connectivity index (χ0v) is 64.1. The molecule has 6 heterocycles. The zero-order valence-electron chi connectivity index (χ0n) is 62.6. The number of nitrogen functional groups attached to an aromatic ring is 2. The number of hydrogen-bond acceptors (Lipinski definition) is 28. The van der Waals surface area contributed by atoms with Crippen LogP contribution in [-0.4, -0.2) is 206 Å². The number of rotatable bonds is 12. The van der Waals surface area contributed by atoms with Gasteiger partial charge in [-0.1, -0.05) is 48.5 Å². The highest BCUT2D eigenvalue weighted by atomic mass is 35.5. The smallest absolute Gasteiger partial charge is 0.340 e. The topological polar surface area (TPSA) is 536 Å². The van der Waals surface area contributed by atoms with E-state index in [1.165, 1.54) is 60.5 Å². The number of halogens is 2. The van der Waals surface area contributed by atoms with Crippen LogP contribution < -0.4 is 71.0 Å². The molecule has 0 radical (unpaired) electrons. The van der Waals surface area contributed by atoms with Crippen LogP contribution in [0.4, 0.5) is 45.5 Å². The van der Waals surface area contributed by atoms with Crippen molar-refractivity contribution in [1.82, 2.24) is 0 Å². The van der Waals surface area contributed by atoms with Gasteiger partial charge in [-0.25, -0.2) is 38.4 Å². The summed E-state index contributed by atoms with van der Waals surface area (Å²) in [5.41, 5.74) is 15.2. The number of benzene rings is 8. The standard InChI is InChI=1S/C11H11NO4.C11H13NO3.C10H9NO4.C10H11NO3.C9H7NO4.C9H9NO3.C9H11NO3.C7H7NO3.C2H2Cl2O/c1-2-15-11(14)7-4-3-5-8-10(7)12-9(13)6-16-8;1-2-14-11(13)8-4-3-5-9-10(8)12-6-7-15-9;1-11-8(12)5-15-7-4-2-3-6(9(7)11)10(13)14;1-11-5-6-14-8-4-2-3-7(9(8)11)10(12)13;11-7-4-14-6-3-1-2-5(9(12)13)8(6)10-7;11-9(12)6-2-1-3-7-8(6)10-4-5-13-7;1-2-13-9(12)6-4-3-5-7(11)8(6)10;8-6-4(7(10)11)2-1-3-5(6)9;3-1-2(4)5/h3-5H,2,6H2,1H3,(H,12,13);3-5,12H,2,6-7H2,1H3;2-4H,5H2,1H3,(H,13,14);2-4H,5-6H2,1H3,(H,12,13);1-3H,4H2,(H,10,11)(H,12,13);1-3,10H,4-5H2,(H,11,12);3-5,11H,2,10H2,1H3;1-3,9H,8H2,(H,10,11);1H2. The van der Waals surface area contributed by atoms with Crippen LogP contribution in [0.3, 0.4) is 0 Å². The molecule has 6 aliphatic rings. The van der Waals surface area contributed by atoms with Gasteiger partial charge >= 0.3 is 47.8 Å². The molecule has 614 valence electrons. The summed E-state index contributed by atoms with van der Waals surface area (Å²) in [6.45, 7) is 9.91. The van der Waals surface area contributed by atoms with Gasteiger partial charge in [0.25, 0.3) is 17.7 Å². The summed E-state index contributed by atoms with van der Waals surface area (Å²) in [6, 6.07) is 38.2. The third-order valence-corrected chi connectivity index (χ3v) is 16.2. The van der Waals surface area contributed by atoms with Crippen LogP contribution in [0.25, 0.3) is 0 Å². The normalized spacial score (nSPS) is 12.7. The molecule has 38 heteroatoms. The van der Waals surface area contributed by atoms with Crippen LogP contribution in [0.2, 0.25) is 0 Å². The lowest BCUT2D eigenvalue weighted by atomic mass is 10.1. The summed E-state index contributed by atoms with van der Waals surface area (Å²) < 4.78 is 46.0. The molecule has 36 nitrogen and oxygen atoms in total. The van der Waals surface area contributed by atoms with Crippen LogP contribution in [0.1, 0.15) is 104 Å². The van der Waals surface area contributed by atoms with Crippen molar-refractivity contribution in [2.75, 3.05) is 142 Å². The van der Waals surface area contributed by atoms with E-state index in [0.29, 0.717) is 113 Å². The molecule has 0 saturated carbocycles. The number of hydrogen-bond donors (Lipinski definition) is 13. The average Bonchev–Trinajstić information content (AvgIpc) is 0.793. The van der Waals surface area contributed by atoms with Crippen LogP contribution in [0, 0.1) is 0 Å². The third kappa shape index (κ3) is 25.3. The Morgan fingerprint density at radius 2 is 0.724 bits per heavy atom. The van der Waals surface area contributed by atoms with Crippen molar-refractivity contribution >= 4 is 139 Å². The van der Waals surface area contributed by atoms with Crippen LogP contribution >= 0.6 is 23.2 Å². The van der Waals surface area contributed by atoms with E-state index in [0.717, 1.165) is 12.2 Å². The monoisotopic (exact) mass is 1650 g/mol. The Morgan fingerprint density at radius 3 is 1.15 bits per heavy atom. The number of alkyl halides is 1. The van der Waals surface area contributed by atoms with E-state index in [4.69, 9.17) is 108 Å². The van der Waals surface area contributed by atoms with Gasteiger partial charge in [-0.15, -0.1) is 11.6 Å². The number of nitrogens with zero attached hydrogens (tertiary/aromatic N) is 2. The van der Waals surface area contributed by atoms with Gasteiger partial charge in [0.2, 0.25) is 5.24 Å². The molecule has 0 saturated heterocycles. The first-order chi connectivity index (χ1) is 55.4. The van der Waals surface area contributed by atoms with E-state index in [1.807, 2.05) is 18.0 Å². The number of phenolic OH excluding ortho intramolecular Hbond substituents is 2. The highest BCUT2D eigenvalue weighted by molar-refractivity contribution is 6.67. The Kier molecular flexibility index (Phi) is 34.8. The number of anilines is 8. The lowest BCUT2D eigenvalue weighted by Gasteiger charge is -2.28. The number of nitrogens with one attached hydrogen (secondary N) is 4. The molecule has 15 N–H and O–H groups in total. The maximum atomic E-state index is 11.6. The molecular formula is C78H80Cl2N8O28. The van der Waals surface area contributed by atoms with Crippen LogP contribution in [0.15, 0.2) is 146 Å². The summed E-state index contributed by atoms with van der Waals surface area (Å²) in [4.78, 5) is 134. The minimum absolute atomic E-state index is 0.0285. The van der Waals surface area contributed by atoms with Gasteiger partial charge in [0.1, 0.15) is 71.5 Å². The predicted octanol–water partition coefficient (Wildman–Crippen LogP) is 9.53. The van der Waals surface area contributed by atoms with E-state index in [2.05, 4.69) is 21.3 Å². The van der Waals surface area contributed by atoms with Gasteiger partial charge in [-0.3, -0.25) is 19.2 Å². The number of likely N-dealkylation sites (N-methyl/N-ethyl adjacent to an activating group) is 2. The van der Waals surface area contributed by atoms with Gasteiger partial charge < -0.3 is 121 Å². The Labute approximate surface area is 670 Å². The first kappa shape index (κ1) is 90.5. The Morgan fingerprint density at radius 1 is 0.414 bits per heavy atom. The zero-order chi connectivity index (χ0) is 85.3. The largest absolute Gasteiger partial charge is 0.506 e.